The van der Waals surface area contributed by atoms with E-state index in [-0.39, 0.29) is 18.6 Å². The van der Waals surface area contributed by atoms with E-state index < -0.39 is 8.32 Å². The van der Waals surface area contributed by atoms with Crippen molar-refractivity contribution >= 4 is 8.32 Å². The van der Waals surface area contributed by atoms with E-state index in [1.54, 1.807) is 14.2 Å². The quantitative estimate of drug-likeness (QED) is 0.218. The van der Waals surface area contributed by atoms with Gasteiger partial charge >= 0.3 is 0 Å². The third kappa shape index (κ3) is 7.35. The van der Waals surface area contributed by atoms with Gasteiger partial charge in [-0.05, 0) is 48.2 Å². The van der Waals surface area contributed by atoms with Gasteiger partial charge in [-0.15, -0.1) is 0 Å². The number of aryl methyl sites for hydroxylation is 1. The summed E-state index contributed by atoms with van der Waals surface area (Å²) in [5, 5.41) is 0.206. The minimum absolute atomic E-state index is 0.168. The number of methoxy groups -OCH3 is 2. The first kappa shape index (κ1) is 25.4. The van der Waals surface area contributed by atoms with Gasteiger partial charge in [-0.1, -0.05) is 51.1 Å². The van der Waals surface area contributed by atoms with Crippen LogP contribution in [0, 0.1) is 0 Å². The van der Waals surface area contributed by atoms with Crippen LogP contribution in [0.3, 0.4) is 0 Å². The SMILES string of the molecule is COCOc1cc(CCCO[Si](C)(C)C(C)(C)C)c(-c2ccccc2)c(OCOC)c1. The second kappa shape index (κ2) is 11.7. The Kier molecular flexibility index (Phi) is 9.56. The van der Waals surface area contributed by atoms with Crippen LogP contribution in [0.2, 0.25) is 18.1 Å². The van der Waals surface area contributed by atoms with Crippen LogP contribution in [-0.4, -0.2) is 42.7 Å². The zero-order valence-electron chi connectivity index (χ0n) is 20.1. The van der Waals surface area contributed by atoms with E-state index in [0.717, 1.165) is 41.9 Å². The van der Waals surface area contributed by atoms with Gasteiger partial charge in [-0.2, -0.15) is 0 Å². The summed E-state index contributed by atoms with van der Waals surface area (Å²) in [5.74, 6) is 1.45. The Morgan fingerprint density at radius 1 is 0.871 bits per heavy atom. The first-order valence-corrected chi connectivity index (χ1v) is 13.7. The van der Waals surface area contributed by atoms with Crippen molar-refractivity contribution in [2.45, 2.75) is 51.7 Å². The van der Waals surface area contributed by atoms with Crippen molar-refractivity contribution in [3.8, 4) is 22.6 Å². The third-order valence-corrected chi connectivity index (χ3v) is 10.3. The average Bonchev–Trinajstić information content (AvgIpc) is 2.73. The maximum Gasteiger partial charge on any atom is 0.191 e. The molecule has 2 aromatic carbocycles. The van der Waals surface area contributed by atoms with Crippen molar-refractivity contribution < 1.29 is 23.4 Å². The van der Waals surface area contributed by atoms with Crippen LogP contribution >= 0.6 is 0 Å². The van der Waals surface area contributed by atoms with Crippen molar-refractivity contribution in [2.75, 3.05) is 34.4 Å². The molecule has 0 aliphatic heterocycles. The van der Waals surface area contributed by atoms with Crippen molar-refractivity contribution in [2.24, 2.45) is 0 Å². The molecule has 0 aliphatic carbocycles. The van der Waals surface area contributed by atoms with Gasteiger partial charge in [-0.25, -0.2) is 0 Å². The third-order valence-electron chi connectivity index (χ3n) is 5.76. The molecule has 0 N–H and O–H groups in total. The molecule has 0 saturated carbocycles. The van der Waals surface area contributed by atoms with Gasteiger partial charge in [0.15, 0.2) is 21.9 Å². The van der Waals surface area contributed by atoms with E-state index in [9.17, 15) is 0 Å². The molecule has 0 heterocycles. The molecule has 0 aromatic heterocycles. The molecule has 6 heteroatoms. The lowest BCUT2D eigenvalue weighted by molar-refractivity contribution is 0.0462. The van der Waals surface area contributed by atoms with Crippen LogP contribution in [0.4, 0.5) is 0 Å². The van der Waals surface area contributed by atoms with Crippen molar-refractivity contribution in [1.29, 1.82) is 0 Å². The Labute approximate surface area is 188 Å². The second-order valence-electron chi connectivity index (χ2n) is 9.14. The summed E-state index contributed by atoms with van der Waals surface area (Å²) in [6, 6.07) is 14.3. The zero-order valence-corrected chi connectivity index (χ0v) is 21.1. The fourth-order valence-corrected chi connectivity index (χ4v) is 4.12. The summed E-state index contributed by atoms with van der Waals surface area (Å²) >= 11 is 0. The highest BCUT2D eigenvalue weighted by atomic mass is 28.4. The maximum atomic E-state index is 6.39. The average molecular weight is 447 g/mol. The molecule has 0 atom stereocenters. The molecule has 2 rings (SSSR count). The van der Waals surface area contributed by atoms with Crippen LogP contribution in [0.5, 0.6) is 11.5 Å². The van der Waals surface area contributed by atoms with Gasteiger partial charge < -0.3 is 23.4 Å². The fourth-order valence-electron chi connectivity index (χ4n) is 3.03. The summed E-state index contributed by atoms with van der Waals surface area (Å²) in [5.41, 5.74) is 3.33. The van der Waals surface area contributed by atoms with Gasteiger partial charge in [0.2, 0.25) is 0 Å². The van der Waals surface area contributed by atoms with Crippen LogP contribution in [-0.2, 0) is 20.3 Å². The molecule has 31 heavy (non-hydrogen) atoms. The summed E-state index contributed by atoms with van der Waals surface area (Å²) in [4.78, 5) is 0. The molecule has 172 valence electrons. The highest BCUT2D eigenvalue weighted by Gasteiger charge is 2.36. The number of ether oxygens (including phenoxy) is 4. The molecule has 0 amide bonds. The van der Waals surface area contributed by atoms with Crippen LogP contribution in [0.15, 0.2) is 42.5 Å². The van der Waals surface area contributed by atoms with Gasteiger partial charge in [0, 0.05) is 32.5 Å². The van der Waals surface area contributed by atoms with E-state index in [1.165, 1.54) is 0 Å². The molecule has 0 saturated heterocycles. The zero-order chi connectivity index (χ0) is 22.9. The Morgan fingerprint density at radius 3 is 2.13 bits per heavy atom. The van der Waals surface area contributed by atoms with E-state index in [2.05, 4.69) is 52.1 Å². The number of benzene rings is 2. The van der Waals surface area contributed by atoms with Crippen molar-refractivity contribution in [1.82, 2.24) is 0 Å². The maximum absolute atomic E-state index is 6.39. The lowest BCUT2D eigenvalue weighted by atomic mass is 9.95. The topological polar surface area (TPSA) is 46.2 Å². The van der Waals surface area contributed by atoms with Crippen LogP contribution < -0.4 is 9.47 Å². The van der Waals surface area contributed by atoms with Gasteiger partial charge in [0.1, 0.15) is 11.5 Å². The lowest BCUT2D eigenvalue weighted by Gasteiger charge is -2.36. The van der Waals surface area contributed by atoms with Gasteiger partial charge in [-0.3, -0.25) is 0 Å². The van der Waals surface area contributed by atoms with E-state index in [4.69, 9.17) is 23.4 Å². The molecule has 0 aliphatic rings. The molecule has 2 aromatic rings. The molecular weight excluding hydrogens is 408 g/mol. The number of hydrogen-bond donors (Lipinski definition) is 0. The smallest absolute Gasteiger partial charge is 0.191 e. The Morgan fingerprint density at radius 2 is 1.52 bits per heavy atom. The highest BCUT2D eigenvalue weighted by Crippen LogP contribution is 2.39. The summed E-state index contributed by atoms with van der Waals surface area (Å²) in [6.07, 6.45) is 1.77. The van der Waals surface area contributed by atoms with Crippen LogP contribution in [0.1, 0.15) is 32.8 Å². The number of hydrogen-bond acceptors (Lipinski definition) is 5. The van der Waals surface area contributed by atoms with Crippen LogP contribution in [0.25, 0.3) is 11.1 Å². The lowest BCUT2D eigenvalue weighted by Crippen LogP contribution is -2.41. The van der Waals surface area contributed by atoms with Gasteiger partial charge in [0.05, 0.1) is 0 Å². The Bertz CT molecular complexity index is 800. The minimum Gasteiger partial charge on any atom is -0.467 e. The summed E-state index contributed by atoms with van der Waals surface area (Å²) < 4.78 is 28.3. The van der Waals surface area contributed by atoms with Gasteiger partial charge in [0.25, 0.3) is 0 Å². The minimum atomic E-state index is -1.76. The van der Waals surface area contributed by atoms with E-state index in [1.807, 2.05) is 24.3 Å². The fraction of sp³-hybridized carbons (Fsp3) is 0.520. The molecule has 0 bridgehead atoms. The standard InChI is InChI=1S/C25H38O5Si/c1-25(2,3)31(6,7)30-15-11-14-21-16-22(28-18-26-4)17-23(29-19-27-5)24(21)20-12-9-8-10-13-20/h8-10,12-13,16-17H,11,14-15,18-19H2,1-7H3. The Balaban J connectivity index is 2.31. The Hall–Kier alpha value is -1.86. The second-order valence-corrected chi connectivity index (χ2v) is 13.9. The first-order chi connectivity index (χ1) is 14.7. The molecule has 0 spiro atoms. The van der Waals surface area contributed by atoms with Crippen molar-refractivity contribution in [3.63, 3.8) is 0 Å². The highest BCUT2D eigenvalue weighted by molar-refractivity contribution is 6.74. The molecule has 0 unspecified atom stereocenters. The predicted molar refractivity (Wildman–Crippen MR) is 128 cm³/mol. The molecular formula is C25H38O5Si. The van der Waals surface area contributed by atoms with E-state index >= 15 is 0 Å². The largest absolute Gasteiger partial charge is 0.467 e. The molecule has 5 nitrogen and oxygen atoms in total. The summed E-state index contributed by atoms with van der Waals surface area (Å²) in [6.45, 7) is 12.5. The predicted octanol–water partition coefficient (Wildman–Crippen LogP) is 6.27. The van der Waals surface area contributed by atoms with Crippen molar-refractivity contribution in [3.05, 3.63) is 48.0 Å². The first-order valence-electron chi connectivity index (χ1n) is 10.8. The number of rotatable bonds is 12. The summed E-state index contributed by atoms with van der Waals surface area (Å²) in [7, 11) is 1.47. The van der Waals surface area contributed by atoms with E-state index in [0.29, 0.717) is 5.75 Å². The normalized spacial score (nSPS) is 12.1. The molecule has 0 radical (unpaired) electrons. The monoisotopic (exact) mass is 446 g/mol. The molecule has 0 fully saturated rings.